The molecule has 0 saturated carbocycles. The molecule has 1 fully saturated rings. The van der Waals surface area contributed by atoms with Gasteiger partial charge in [0.1, 0.15) is 43.5 Å². The van der Waals surface area contributed by atoms with Gasteiger partial charge in [-0.25, -0.2) is 0 Å². The van der Waals surface area contributed by atoms with Crippen molar-refractivity contribution < 1.29 is 53.6 Å². The van der Waals surface area contributed by atoms with Crippen LogP contribution in [0.25, 0.3) is 0 Å². The van der Waals surface area contributed by atoms with Crippen LogP contribution in [0.2, 0.25) is 0 Å². The molecule has 264 valence electrons. The average molecular weight is 675 g/mol. The zero-order valence-electron chi connectivity index (χ0n) is 28.0. The second-order valence-electron chi connectivity index (χ2n) is 13.4. The van der Waals surface area contributed by atoms with Gasteiger partial charge in [-0.3, -0.25) is 33.7 Å². The molecule has 6 N–H and O–H groups in total. The highest BCUT2D eigenvalue weighted by Gasteiger charge is 2.37. The van der Waals surface area contributed by atoms with Gasteiger partial charge < -0.3 is 40.7 Å². The van der Waals surface area contributed by atoms with Crippen LogP contribution in [0.5, 0.6) is 0 Å². The monoisotopic (exact) mass is 674 g/mol. The van der Waals surface area contributed by atoms with E-state index in [0.717, 1.165) is 17.1 Å². The minimum absolute atomic E-state index is 0.0551. The molecule has 1 aromatic rings. The number of anilines is 1. The lowest BCUT2D eigenvalue weighted by Gasteiger charge is -2.35. The summed E-state index contributed by atoms with van der Waals surface area (Å²) in [5.74, 6) is -4.01. The van der Waals surface area contributed by atoms with Crippen molar-refractivity contribution in [3.8, 4) is 0 Å². The molecule has 6 atom stereocenters. The summed E-state index contributed by atoms with van der Waals surface area (Å²) in [5, 5.41) is 38.1. The van der Waals surface area contributed by atoms with Crippen LogP contribution in [0, 0.1) is 11.3 Å². The predicted molar refractivity (Wildman–Crippen MR) is 171 cm³/mol. The summed E-state index contributed by atoms with van der Waals surface area (Å²) in [6.07, 6.45) is -2.02. The molecule has 3 rings (SSSR count). The van der Waals surface area contributed by atoms with E-state index >= 15 is 0 Å². The first-order valence-corrected chi connectivity index (χ1v) is 15.8. The standard InChI is InChI=1S/C33H46N4O11/c1-17(2)27(36-24(39)14-37-25(40)11-12-26(37)41)31(45)34-18(3)30(44)35-21-9-7-20(15-48-32(46)33(4,5)6)19(13-21)8-10-23-29(43)28(42)22(38)16-47-23/h7,9,11-13,17-18,22-23,27-29,38,42-43H,8,10,14-16H2,1-6H3,(H,34,45)(H,35,44)(H,36,39)/t18-,22+,23-,27-,28-,29-/m0/s1. The molecule has 5 amide bonds. The van der Waals surface area contributed by atoms with E-state index < -0.39 is 89.9 Å². The van der Waals surface area contributed by atoms with Crippen LogP contribution in [0.4, 0.5) is 5.69 Å². The number of nitrogens with zero attached hydrogens (tertiary/aromatic N) is 1. The Morgan fingerprint density at radius 3 is 2.21 bits per heavy atom. The number of hydrogen-bond donors (Lipinski definition) is 6. The Morgan fingerprint density at radius 1 is 0.958 bits per heavy atom. The van der Waals surface area contributed by atoms with Crippen molar-refractivity contribution in [1.29, 1.82) is 0 Å². The minimum Gasteiger partial charge on any atom is -0.460 e. The molecule has 0 aromatic heterocycles. The van der Waals surface area contributed by atoms with Crippen LogP contribution in [-0.2, 0) is 51.3 Å². The van der Waals surface area contributed by atoms with Crippen molar-refractivity contribution in [3.63, 3.8) is 0 Å². The van der Waals surface area contributed by atoms with Crippen LogP contribution in [-0.4, -0.2) is 105 Å². The van der Waals surface area contributed by atoms with Gasteiger partial charge in [0.15, 0.2) is 0 Å². The SMILES string of the molecule is CC(C)[C@H](NC(=O)CN1C(=O)C=CC1=O)C(=O)N[C@@H](C)C(=O)Nc1ccc(COC(=O)C(C)(C)C)c(CC[C@@H]2OC[C@@H](O)[C@H](O)[C@H]2O)c1. The van der Waals surface area contributed by atoms with E-state index in [-0.39, 0.29) is 19.6 Å². The van der Waals surface area contributed by atoms with Gasteiger partial charge in [0.25, 0.3) is 11.8 Å². The maximum atomic E-state index is 13.1. The molecule has 0 unspecified atom stereocenters. The maximum Gasteiger partial charge on any atom is 0.311 e. The molecule has 0 radical (unpaired) electrons. The molecule has 2 aliphatic heterocycles. The number of aryl methyl sites for hydroxylation is 1. The Balaban J connectivity index is 1.67. The molecule has 2 heterocycles. The maximum absolute atomic E-state index is 13.1. The van der Waals surface area contributed by atoms with E-state index in [0.29, 0.717) is 23.2 Å². The lowest BCUT2D eigenvalue weighted by molar-refractivity contribution is -0.188. The molecule has 15 nitrogen and oxygen atoms in total. The number of imide groups is 1. The number of benzene rings is 1. The topological polar surface area (TPSA) is 221 Å². The quantitative estimate of drug-likeness (QED) is 0.118. The van der Waals surface area contributed by atoms with Gasteiger partial charge >= 0.3 is 5.97 Å². The van der Waals surface area contributed by atoms with Crippen LogP contribution < -0.4 is 16.0 Å². The predicted octanol–water partition coefficient (Wildman–Crippen LogP) is -0.301. The zero-order valence-corrected chi connectivity index (χ0v) is 28.0. The number of nitrogens with one attached hydrogen (secondary N) is 3. The van der Waals surface area contributed by atoms with Crippen LogP contribution in [0.1, 0.15) is 59.1 Å². The lowest BCUT2D eigenvalue weighted by atomic mass is 9.93. The largest absolute Gasteiger partial charge is 0.460 e. The third-order valence-electron chi connectivity index (χ3n) is 7.97. The second kappa shape index (κ2) is 16.3. The van der Waals surface area contributed by atoms with Gasteiger partial charge in [-0.05, 0) is 69.7 Å². The van der Waals surface area contributed by atoms with Crippen molar-refractivity contribution in [2.45, 2.75) is 97.5 Å². The summed E-state index contributed by atoms with van der Waals surface area (Å²) in [4.78, 5) is 75.5. The number of aliphatic hydroxyl groups excluding tert-OH is 3. The van der Waals surface area contributed by atoms with Gasteiger partial charge in [0.05, 0.1) is 18.1 Å². The Bertz CT molecular complexity index is 1400. The highest BCUT2D eigenvalue weighted by atomic mass is 16.5. The first kappa shape index (κ1) is 38.3. The van der Waals surface area contributed by atoms with Crippen molar-refractivity contribution >= 4 is 41.2 Å². The highest BCUT2D eigenvalue weighted by molar-refractivity contribution is 6.14. The number of carbonyl (C=O) groups is 6. The normalized spacial score (nSPS) is 22.3. The Labute approximate surface area is 279 Å². The number of amides is 5. The van der Waals surface area contributed by atoms with E-state index in [9.17, 15) is 44.1 Å². The fraction of sp³-hybridized carbons (Fsp3) is 0.576. The molecule has 2 aliphatic rings. The third-order valence-corrected chi connectivity index (χ3v) is 7.97. The Kier molecular flexibility index (Phi) is 13.0. The molecule has 48 heavy (non-hydrogen) atoms. The van der Waals surface area contributed by atoms with E-state index in [2.05, 4.69) is 16.0 Å². The molecule has 0 bridgehead atoms. The molecule has 15 heteroatoms. The van der Waals surface area contributed by atoms with Crippen LogP contribution in [0.15, 0.2) is 30.4 Å². The van der Waals surface area contributed by atoms with Crippen molar-refractivity contribution in [2.75, 3.05) is 18.5 Å². The molecule has 1 aromatic carbocycles. The number of esters is 1. The van der Waals surface area contributed by atoms with Gasteiger partial charge in [-0.2, -0.15) is 0 Å². The van der Waals surface area contributed by atoms with Crippen molar-refractivity contribution in [3.05, 3.63) is 41.5 Å². The summed E-state index contributed by atoms with van der Waals surface area (Å²) < 4.78 is 11.0. The number of rotatable bonds is 13. The number of ether oxygens (including phenoxy) is 2. The van der Waals surface area contributed by atoms with Crippen molar-refractivity contribution in [1.82, 2.24) is 15.5 Å². The van der Waals surface area contributed by atoms with E-state index in [1.165, 1.54) is 6.92 Å². The molecular weight excluding hydrogens is 628 g/mol. The van der Waals surface area contributed by atoms with Crippen LogP contribution in [0.3, 0.4) is 0 Å². The first-order valence-electron chi connectivity index (χ1n) is 15.8. The summed E-state index contributed by atoms with van der Waals surface area (Å²) in [6.45, 7) is 9.26. The van der Waals surface area contributed by atoms with E-state index in [4.69, 9.17) is 9.47 Å². The molecule has 0 spiro atoms. The molecule has 1 saturated heterocycles. The third kappa shape index (κ3) is 10.2. The second-order valence-corrected chi connectivity index (χ2v) is 13.4. The van der Waals surface area contributed by atoms with Gasteiger partial charge in [-0.15, -0.1) is 0 Å². The Hall–Kier alpha value is -4.18. The van der Waals surface area contributed by atoms with Gasteiger partial charge in [0, 0.05) is 17.8 Å². The van der Waals surface area contributed by atoms with E-state index in [1.807, 2.05) is 0 Å². The fourth-order valence-corrected chi connectivity index (χ4v) is 4.96. The smallest absolute Gasteiger partial charge is 0.311 e. The van der Waals surface area contributed by atoms with Gasteiger partial charge in [0.2, 0.25) is 17.7 Å². The average Bonchev–Trinajstić information content (AvgIpc) is 3.32. The summed E-state index contributed by atoms with van der Waals surface area (Å²) in [5.41, 5.74) is 0.939. The van der Waals surface area contributed by atoms with Crippen molar-refractivity contribution in [2.24, 2.45) is 11.3 Å². The van der Waals surface area contributed by atoms with Crippen LogP contribution >= 0.6 is 0 Å². The number of hydrogen-bond acceptors (Lipinski definition) is 11. The Morgan fingerprint density at radius 2 is 1.60 bits per heavy atom. The first-order chi connectivity index (χ1) is 22.4. The minimum atomic E-state index is -1.36. The molecular formula is C33H46N4O11. The highest BCUT2D eigenvalue weighted by Crippen LogP contribution is 2.25. The summed E-state index contributed by atoms with van der Waals surface area (Å²) in [7, 11) is 0. The number of aliphatic hydroxyl groups is 3. The summed E-state index contributed by atoms with van der Waals surface area (Å²) in [6, 6.07) is 2.84. The number of carbonyl (C=O) groups excluding carboxylic acids is 6. The van der Waals surface area contributed by atoms with Gasteiger partial charge in [-0.1, -0.05) is 19.9 Å². The lowest BCUT2D eigenvalue weighted by Crippen LogP contribution is -2.55. The summed E-state index contributed by atoms with van der Waals surface area (Å²) >= 11 is 0. The van der Waals surface area contributed by atoms with E-state index in [1.54, 1.807) is 52.8 Å². The molecule has 0 aliphatic carbocycles. The zero-order chi connectivity index (χ0) is 35.9. The fourth-order valence-electron chi connectivity index (χ4n) is 4.96.